The average molecular weight is 883 g/mol. The standard InChI is InChI=1S/2C23H28FN5OS/c2*1-15-5-6-17(19(24)11-15)18-12-23(18)7-9-29(13-23)8-4-10-31-22-27-26-21(28(22)3)20-16(2)25-14-30-20/h2*5-6,11,14,18H,4,7-10,12-13H2,1-3H3/t2*18-,23+/m10/s1. The number of hydrogen-bond donors (Lipinski definition) is 0. The molecule has 0 N–H and O–H groups in total. The molecule has 2 aromatic carbocycles. The molecule has 62 heavy (non-hydrogen) atoms. The number of nitrogens with zero attached hydrogens (tertiary/aromatic N) is 10. The van der Waals surface area contributed by atoms with Crippen molar-refractivity contribution in [1.82, 2.24) is 49.3 Å². The minimum atomic E-state index is -0.0275. The summed E-state index contributed by atoms with van der Waals surface area (Å²) in [5.41, 5.74) is 6.07. The highest BCUT2D eigenvalue weighted by Gasteiger charge is 2.59. The Labute approximate surface area is 370 Å². The van der Waals surface area contributed by atoms with Gasteiger partial charge in [-0.05, 0) is 149 Å². The van der Waals surface area contributed by atoms with Gasteiger partial charge in [-0.15, -0.1) is 20.4 Å². The lowest BCUT2D eigenvalue weighted by atomic mass is 9.97. The van der Waals surface area contributed by atoms with Crippen molar-refractivity contribution in [2.45, 2.75) is 88.4 Å². The normalized spacial score (nSPS) is 23.2. The maximum atomic E-state index is 14.4. The third-order valence-electron chi connectivity index (χ3n) is 13.6. The second kappa shape index (κ2) is 17.6. The molecule has 4 aliphatic rings. The summed E-state index contributed by atoms with van der Waals surface area (Å²) in [6, 6.07) is 11.4. The van der Waals surface area contributed by atoms with E-state index >= 15 is 0 Å². The zero-order valence-corrected chi connectivity index (χ0v) is 38.2. The van der Waals surface area contributed by atoms with Crippen molar-refractivity contribution in [2.75, 3.05) is 50.8 Å². The Balaban J connectivity index is 0.000000158. The molecule has 2 aliphatic heterocycles. The van der Waals surface area contributed by atoms with Crippen molar-refractivity contribution in [3.05, 3.63) is 94.5 Å². The van der Waals surface area contributed by atoms with Crippen LogP contribution in [0.5, 0.6) is 0 Å². The third kappa shape index (κ3) is 8.76. The number of halogens is 2. The van der Waals surface area contributed by atoms with Gasteiger partial charge in [0.1, 0.15) is 11.6 Å². The number of oxazole rings is 2. The van der Waals surface area contributed by atoms with Crippen LogP contribution >= 0.6 is 23.5 Å². The fourth-order valence-corrected chi connectivity index (χ4v) is 11.5. The van der Waals surface area contributed by atoms with Gasteiger partial charge in [0.25, 0.3) is 0 Å². The van der Waals surface area contributed by atoms with Gasteiger partial charge >= 0.3 is 0 Å². The van der Waals surface area contributed by atoms with Crippen molar-refractivity contribution in [1.29, 1.82) is 0 Å². The largest absolute Gasteiger partial charge is 0.440 e. The average Bonchev–Trinajstić information content (AvgIpc) is 3.63. The van der Waals surface area contributed by atoms with Crippen LogP contribution in [0.2, 0.25) is 0 Å². The van der Waals surface area contributed by atoms with E-state index in [2.05, 4.69) is 40.2 Å². The molecule has 0 bridgehead atoms. The Hall–Kier alpha value is -4.38. The molecule has 6 aromatic rings. The van der Waals surface area contributed by atoms with Gasteiger partial charge in [-0.2, -0.15) is 0 Å². The van der Waals surface area contributed by atoms with Crippen LogP contribution in [-0.4, -0.2) is 100 Å². The second-order valence-corrected chi connectivity index (χ2v) is 20.1. The van der Waals surface area contributed by atoms with E-state index in [1.165, 1.54) is 25.6 Å². The Morgan fingerprint density at radius 2 is 1.08 bits per heavy atom. The molecule has 2 spiro atoms. The first-order valence-electron chi connectivity index (χ1n) is 21.8. The van der Waals surface area contributed by atoms with Gasteiger partial charge in [0.15, 0.2) is 34.6 Å². The maximum Gasteiger partial charge on any atom is 0.202 e. The van der Waals surface area contributed by atoms with Crippen molar-refractivity contribution >= 4 is 23.5 Å². The van der Waals surface area contributed by atoms with Crippen LogP contribution in [-0.2, 0) is 14.1 Å². The first-order valence-corrected chi connectivity index (χ1v) is 23.7. The summed E-state index contributed by atoms with van der Waals surface area (Å²) in [7, 11) is 3.92. The van der Waals surface area contributed by atoms with Gasteiger partial charge in [0, 0.05) is 38.7 Å². The first-order chi connectivity index (χ1) is 29.9. The lowest BCUT2D eigenvalue weighted by Gasteiger charge is -2.16. The summed E-state index contributed by atoms with van der Waals surface area (Å²) in [5, 5.41) is 18.9. The van der Waals surface area contributed by atoms with E-state index in [1.807, 2.05) is 75.2 Å². The topological polar surface area (TPSA) is 120 Å². The Kier molecular flexibility index (Phi) is 12.2. The van der Waals surface area contributed by atoms with E-state index in [4.69, 9.17) is 8.83 Å². The molecule has 2 aliphatic carbocycles. The monoisotopic (exact) mass is 882 g/mol. The minimum Gasteiger partial charge on any atom is -0.440 e. The number of aromatic nitrogens is 8. The number of likely N-dealkylation sites (tertiary alicyclic amines) is 2. The van der Waals surface area contributed by atoms with E-state index in [0.29, 0.717) is 45.8 Å². The summed E-state index contributed by atoms with van der Waals surface area (Å²) in [5.74, 6) is 5.47. The van der Waals surface area contributed by atoms with Gasteiger partial charge in [-0.25, -0.2) is 18.7 Å². The number of hydrogen-bond acceptors (Lipinski definition) is 12. The van der Waals surface area contributed by atoms with Gasteiger partial charge < -0.3 is 27.8 Å². The van der Waals surface area contributed by atoms with Crippen LogP contribution in [0.3, 0.4) is 0 Å². The zero-order valence-electron chi connectivity index (χ0n) is 36.5. The number of rotatable bonds is 14. The molecule has 0 radical (unpaired) electrons. The van der Waals surface area contributed by atoms with Crippen LogP contribution in [0, 0.1) is 50.2 Å². The van der Waals surface area contributed by atoms with Gasteiger partial charge in [0.05, 0.1) is 11.4 Å². The summed E-state index contributed by atoms with van der Waals surface area (Å²) < 4.78 is 43.6. The van der Waals surface area contributed by atoms with Crippen molar-refractivity contribution in [3.63, 3.8) is 0 Å². The maximum absolute atomic E-state index is 14.4. The lowest BCUT2D eigenvalue weighted by Crippen LogP contribution is -2.23. The first kappa shape index (κ1) is 42.9. The zero-order chi connectivity index (χ0) is 43.2. The second-order valence-electron chi connectivity index (χ2n) is 18.0. The SMILES string of the molecule is Cc1ccc([C@@H]2C[C@@]23CCN(CCCSc2nnc(-c4ocnc4C)n2C)C3)c(F)c1.Cc1ccc([C@H]2C[C@]23CCN(CCCSc2nnc(-c4ocnc4C)n2C)C3)c(F)c1. The lowest BCUT2D eigenvalue weighted by molar-refractivity contribution is 0.319. The third-order valence-corrected chi connectivity index (χ3v) is 15.9. The summed E-state index contributed by atoms with van der Waals surface area (Å²) in [4.78, 5) is 13.4. The molecular formula is C46H56F2N10O2S2. The van der Waals surface area contributed by atoms with Crippen molar-refractivity contribution < 1.29 is 17.6 Å². The van der Waals surface area contributed by atoms with E-state index < -0.39 is 0 Å². The van der Waals surface area contributed by atoms with Crippen molar-refractivity contribution in [3.8, 4) is 23.2 Å². The molecule has 4 atom stereocenters. The Morgan fingerprint density at radius 1 is 0.645 bits per heavy atom. The van der Waals surface area contributed by atoms with Crippen LogP contribution < -0.4 is 0 Å². The molecule has 4 fully saturated rings. The Morgan fingerprint density at radius 3 is 1.47 bits per heavy atom. The number of thioether (sulfide) groups is 2. The van der Waals surface area contributed by atoms with Crippen LogP contribution in [0.15, 0.2) is 68.3 Å². The van der Waals surface area contributed by atoms with E-state index in [0.717, 1.165) is 120 Å². The molecule has 10 rings (SSSR count). The van der Waals surface area contributed by atoms with Crippen molar-refractivity contribution in [2.24, 2.45) is 24.9 Å². The molecule has 16 heteroatoms. The fraction of sp³-hybridized carbons (Fsp3) is 0.522. The van der Waals surface area contributed by atoms with E-state index in [-0.39, 0.29) is 11.6 Å². The molecule has 2 saturated heterocycles. The number of aryl methyl sites for hydroxylation is 4. The molecule has 2 saturated carbocycles. The minimum absolute atomic E-state index is 0.0275. The van der Waals surface area contributed by atoms with Crippen LogP contribution in [0.25, 0.3) is 23.2 Å². The molecule has 6 heterocycles. The summed E-state index contributed by atoms with van der Waals surface area (Å²) >= 11 is 3.44. The fourth-order valence-electron chi connectivity index (χ4n) is 9.87. The highest BCUT2D eigenvalue weighted by atomic mass is 32.2. The van der Waals surface area contributed by atoms with E-state index in [9.17, 15) is 8.78 Å². The van der Waals surface area contributed by atoms with Gasteiger partial charge in [-0.3, -0.25) is 0 Å². The van der Waals surface area contributed by atoms with Gasteiger partial charge in [-0.1, -0.05) is 47.8 Å². The Bertz CT molecular complexity index is 2360. The molecule has 12 nitrogen and oxygen atoms in total. The molecule has 0 amide bonds. The van der Waals surface area contributed by atoms with Crippen LogP contribution in [0.1, 0.15) is 84.0 Å². The number of benzene rings is 2. The van der Waals surface area contributed by atoms with E-state index in [1.54, 1.807) is 35.7 Å². The predicted molar refractivity (Wildman–Crippen MR) is 237 cm³/mol. The summed E-state index contributed by atoms with van der Waals surface area (Å²) in [6.45, 7) is 14.3. The molecule has 4 aromatic heterocycles. The molecular weight excluding hydrogens is 827 g/mol. The summed E-state index contributed by atoms with van der Waals surface area (Å²) in [6.07, 6.45) is 9.67. The predicted octanol–water partition coefficient (Wildman–Crippen LogP) is 9.18. The van der Waals surface area contributed by atoms with Crippen LogP contribution in [0.4, 0.5) is 8.78 Å². The highest BCUT2D eigenvalue weighted by Crippen LogP contribution is 2.65. The highest BCUT2D eigenvalue weighted by molar-refractivity contribution is 7.99. The van der Waals surface area contributed by atoms with Gasteiger partial charge in [0.2, 0.25) is 11.6 Å². The smallest absolute Gasteiger partial charge is 0.202 e. The molecule has 0 unspecified atom stereocenters. The quantitative estimate of drug-likeness (QED) is 0.0767. The molecule has 328 valence electrons.